The fourth-order valence-electron chi connectivity index (χ4n) is 3.10. The normalized spacial score (nSPS) is 20.4. The highest BCUT2D eigenvalue weighted by atomic mass is 32.2. The van der Waals surface area contributed by atoms with Crippen molar-refractivity contribution >= 4 is 29.3 Å². The molecule has 0 bridgehead atoms. The van der Waals surface area contributed by atoms with E-state index >= 15 is 0 Å². The van der Waals surface area contributed by atoms with Gasteiger partial charge in [-0.15, -0.1) is 11.8 Å². The number of carbonyl (C=O) groups excluding carboxylic acids is 2. The third kappa shape index (κ3) is 6.57. The molecule has 2 amide bonds. The number of methoxy groups -OCH3 is 1. The SMILES string of the molecule is CO[C@@H](C(=O)N[C@H]1CSc2ccccc2N(C)C1=O)[C@H](O)C[C@H](O)/C=C/C(C)(C)C. The Bertz CT molecular complexity index is 777. The van der Waals surface area contributed by atoms with Gasteiger partial charge in [-0.2, -0.15) is 0 Å². The summed E-state index contributed by atoms with van der Waals surface area (Å²) in [6, 6.07) is 6.80. The van der Waals surface area contributed by atoms with E-state index in [9.17, 15) is 19.8 Å². The standard InChI is InChI=1S/C22H32N2O5S/c1-22(2,3)11-10-14(25)12-17(26)19(29-5)20(27)23-15-13-30-18-9-7-6-8-16(18)24(4)21(15)28/h6-11,14-15,17,19,25-26H,12-13H2,1-5H3,(H,23,27)/b11-10+/t14-,15+,17-,19-/m1/s1. The molecule has 30 heavy (non-hydrogen) atoms. The summed E-state index contributed by atoms with van der Waals surface area (Å²) in [5.41, 5.74) is 0.687. The van der Waals surface area contributed by atoms with Gasteiger partial charge < -0.3 is 25.2 Å². The first-order chi connectivity index (χ1) is 14.0. The van der Waals surface area contributed by atoms with Crippen molar-refractivity contribution in [1.29, 1.82) is 0 Å². The number of nitrogens with zero attached hydrogens (tertiary/aromatic N) is 1. The first-order valence-corrected chi connectivity index (χ1v) is 10.9. The Hall–Kier alpha value is -1.87. The highest BCUT2D eigenvalue weighted by Crippen LogP contribution is 2.33. The maximum Gasteiger partial charge on any atom is 0.252 e. The molecule has 1 aromatic carbocycles. The molecule has 4 atom stereocenters. The molecule has 1 aromatic rings. The van der Waals surface area contributed by atoms with E-state index < -0.39 is 30.3 Å². The lowest BCUT2D eigenvalue weighted by Gasteiger charge is -2.26. The minimum absolute atomic E-state index is 0.0583. The third-order valence-corrected chi connectivity index (χ3v) is 5.90. The van der Waals surface area contributed by atoms with Crippen molar-refractivity contribution < 1.29 is 24.5 Å². The lowest BCUT2D eigenvalue weighted by molar-refractivity contribution is -0.141. The summed E-state index contributed by atoms with van der Waals surface area (Å²) in [5.74, 6) is -0.455. The van der Waals surface area contributed by atoms with Gasteiger partial charge in [0.2, 0.25) is 5.91 Å². The molecule has 0 fully saturated rings. The van der Waals surface area contributed by atoms with Gasteiger partial charge in [-0.05, 0) is 17.5 Å². The number of rotatable bonds is 7. The van der Waals surface area contributed by atoms with E-state index in [2.05, 4.69) is 5.32 Å². The van der Waals surface area contributed by atoms with Crippen molar-refractivity contribution in [3.05, 3.63) is 36.4 Å². The summed E-state index contributed by atoms with van der Waals surface area (Å²) < 4.78 is 5.19. The quantitative estimate of drug-likeness (QED) is 0.565. The highest BCUT2D eigenvalue weighted by Gasteiger charge is 2.34. The summed E-state index contributed by atoms with van der Waals surface area (Å²) >= 11 is 1.48. The van der Waals surface area contributed by atoms with E-state index in [-0.39, 0.29) is 17.7 Å². The molecule has 0 saturated carbocycles. The first kappa shape index (κ1) is 24.4. The van der Waals surface area contributed by atoms with Crippen molar-refractivity contribution in [1.82, 2.24) is 5.32 Å². The number of para-hydroxylation sites is 1. The lowest BCUT2D eigenvalue weighted by atomic mass is 9.94. The molecular formula is C22H32N2O5S. The van der Waals surface area contributed by atoms with E-state index in [1.165, 1.54) is 23.8 Å². The molecule has 1 heterocycles. The monoisotopic (exact) mass is 436 g/mol. The van der Waals surface area contributed by atoms with E-state index in [1.54, 1.807) is 13.1 Å². The Balaban J connectivity index is 2.02. The van der Waals surface area contributed by atoms with Crippen molar-refractivity contribution in [3.63, 3.8) is 0 Å². The molecule has 8 heteroatoms. The van der Waals surface area contributed by atoms with E-state index in [1.807, 2.05) is 51.1 Å². The zero-order valence-corrected chi connectivity index (χ0v) is 19.0. The number of benzene rings is 1. The molecule has 0 unspecified atom stereocenters. The number of aliphatic hydroxyl groups excluding tert-OH is 2. The number of anilines is 1. The number of fused-ring (bicyclic) bond motifs is 1. The molecule has 0 aliphatic carbocycles. The number of aliphatic hydroxyl groups is 2. The second kappa shape index (κ2) is 10.4. The molecule has 166 valence electrons. The number of nitrogens with one attached hydrogen (secondary N) is 1. The molecular weight excluding hydrogens is 404 g/mol. The number of hydrogen-bond donors (Lipinski definition) is 3. The number of allylic oxidation sites excluding steroid dienone is 1. The van der Waals surface area contributed by atoms with Crippen LogP contribution < -0.4 is 10.2 Å². The van der Waals surface area contributed by atoms with E-state index in [0.29, 0.717) is 5.75 Å². The van der Waals surface area contributed by atoms with Crippen molar-refractivity contribution in [2.45, 2.75) is 56.4 Å². The van der Waals surface area contributed by atoms with Gasteiger partial charge in [0, 0.05) is 31.2 Å². The van der Waals surface area contributed by atoms with Crippen molar-refractivity contribution in [2.24, 2.45) is 5.41 Å². The van der Waals surface area contributed by atoms with Gasteiger partial charge in [-0.25, -0.2) is 0 Å². The van der Waals surface area contributed by atoms with Crippen LogP contribution in [-0.4, -0.2) is 66.3 Å². The molecule has 1 aliphatic heterocycles. The second-order valence-electron chi connectivity index (χ2n) is 8.49. The van der Waals surface area contributed by atoms with Crippen LogP contribution in [0.2, 0.25) is 0 Å². The molecule has 0 spiro atoms. The van der Waals surface area contributed by atoms with Crippen LogP contribution in [0.5, 0.6) is 0 Å². The van der Waals surface area contributed by atoms with E-state index in [4.69, 9.17) is 4.74 Å². The lowest BCUT2D eigenvalue weighted by Crippen LogP contribution is -2.53. The number of ether oxygens (including phenoxy) is 1. The molecule has 3 N–H and O–H groups in total. The summed E-state index contributed by atoms with van der Waals surface area (Å²) in [5, 5.41) is 23.3. The Labute approximate surface area is 182 Å². The van der Waals surface area contributed by atoms with Gasteiger partial charge in [-0.1, -0.05) is 45.1 Å². The minimum atomic E-state index is -1.22. The summed E-state index contributed by atoms with van der Waals surface area (Å²) in [4.78, 5) is 28.1. The van der Waals surface area contributed by atoms with Crippen LogP contribution in [0.3, 0.4) is 0 Å². The summed E-state index contributed by atoms with van der Waals surface area (Å²) in [7, 11) is 2.99. The number of likely N-dealkylation sites (N-methyl/N-ethyl adjacent to an activating group) is 1. The van der Waals surface area contributed by atoms with Crippen LogP contribution >= 0.6 is 11.8 Å². The number of hydrogen-bond acceptors (Lipinski definition) is 6. The van der Waals surface area contributed by atoms with Gasteiger partial charge in [-0.3, -0.25) is 9.59 Å². The number of thioether (sulfide) groups is 1. The second-order valence-corrected chi connectivity index (χ2v) is 9.55. The fraction of sp³-hybridized carbons (Fsp3) is 0.545. The van der Waals surface area contributed by atoms with Gasteiger partial charge in [0.05, 0.1) is 17.9 Å². The molecule has 2 rings (SSSR count). The maximum atomic E-state index is 12.8. The predicted molar refractivity (Wildman–Crippen MR) is 119 cm³/mol. The number of amides is 2. The molecule has 0 radical (unpaired) electrons. The summed E-state index contributed by atoms with van der Waals surface area (Å²) in [6.45, 7) is 5.99. The van der Waals surface area contributed by atoms with Crippen molar-refractivity contribution in [3.8, 4) is 0 Å². The number of carbonyl (C=O) groups is 2. The summed E-state index contributed by atoms with van der Waals surface area (Å²) in [6.07, 6.45) is 0.0547. The van der Waals surface area contributed by atoms with Crippen LogP contribution in [0.15, 0.2) is 41.3 Å². The van der Waals surface area contributed by atoms with Crippen LogP contribution in [0.25, 0.3) is 0 Å². The molecule has 0 aromatic heterocycles. The average Bonchev–Trinajstić information content (AvgIpc) is 2.79. The Morgan fingerprint density at radius 1 is 1.37 bits per heavy atom. The Morgan fingerprint density at radius 2 is 2.03 bits per heavy atom. The van der Waals surface area contributed by atoms with E-state index in [0.717, 1.165) is 10.6 Å². The van der Waals surface area contributed by atoms with Gasteiger partial charge in [0.1, 0.15) is 6.04 Å². The van der Waals surface area contributed by atoms with Crippen LogP contribution in [0, 0.1) is 5.41 Å². The molecule has 1 aliphatic rings. The molecule has 7 nitrogen and oxygen atoms in total. The zero-order chi connectivity index (χ0) is 22.5. The smallest absolute Gasteiger partial charge is 0.252 e. The zero-order valence-electron chi connectivity index (χ0n) is 18.2. The van der Waals surface area contributed by atoms with Gasteiger partial charge >= 0.3 is 0 Å². The Kier molecular flexibility index (Phi) is 8.49. The van der Waals surface area contributed by atoms with Gasteiger partial charge in [0.15, 0.2) is 6.10 Å². The largest absolute Gasteiger partial charge is 0.390 e. The Morgan fingerprint density at radius 3 is 2.67 bits per heavy atom. The first-order valence-electron chi connectivity index (χ1n) is 9.91. The van der Waals surface area contributed by atoms with Gasteiger partial charge in [0.25, 0.3) is 5.91 Å². The topological polar surface area (TPSA) is 99.1 Å². The minimum Gasteiger partial charge on any atom is -0.390 e. The maximum absolute atomic E-state index is 12.8. The van der Waals surface area contributed by atoms with Crippen molar-refractivity contribution in [2.75, 3.05) is 24.8 Å². The third-order valence-electron chi connectivity index (χ3n) is 4.74. The average molecular weight is 437 g/mol. The predicted octanol–water partition coefficient (Wildman–Crippen LogP) is 1.97. The van der Waals surface area contributed by atoms with Crippen LogP contribution in [0.4, 0.5) is 5.69 Å². The molecule has 0 saturated heterocycles. The van der Waals surface area contributed by atoms with Crippen LogP contribution in [-0.2, 0) is 14.3 Å². The fourth-order valence-corrected chi connectivity index (χ4v) is 4.20. The van der Waals surface area contributed by atoms with Crippen LogP contribution in [0.1, 0.15) is 27.2 Å². The highest BCUT2D eigenvalue weighted by molar-refractivity contribution is 7.99.